The van der Waals surface area contributed by atoms with Gasteiger partial charge >= 0.3 is 0 Å². The third-order valence-corrected chi connectivity index (χ3v) is 2.34. The van der Waals surface area contributed by atoms with Crippen LogP contribution in [-0.2, 0) is 7.05 Å². The normalized spacial score (nSPS) is 10.5. The van der Waals surface area contributed by atoms with Crippen molar-refractivity contribution >= 4 is 11.8 Å². The average molecular weight is 168 g/mol. The van der Waals surface area contributed by atoms with Gasteiger partial charge in [-0.25, -0.2) is 4.57 Å². The number of rotatable bonds is 2. The first kappa shape index (κ1) is 8.60. The van der Waals surface area contributed by atoms with Crippen molar-refractivity contribution < 1.29 is 4.57 Å². The second kappa shape index (κ2) is 3.77. The highest BCUT2D eigenvalue weighted by molar-refractivity contribution is 7.99. The van der Waals surface area contributed by atoms with Gasteiger partial charge in [0.25, 0.3) is 0 Å². The Morgan fingerprint density at radius 3 is 2.27 bits per heavy atom. The molecule has 0 saturated heterocycles. The summed E-state index contributed by atoms with van der Waals surface area (Å²) < 4.78 is 2.05. The molecule has 0 aliphatic rings. The summed E-state index contributed by atoms with van der Waals surface area (Å²) in [6.45, 7) is 4.41. The van der Waals surface area contributed by atoms with Gasteiger partial charge in [0.15, 0.2) is 12.4 Å². The lowest BCUT2D eigenvalue weighted by Crippen LogP contribution is -2.25. The summed E-state index contributed by atoms with van der Waals surface area (Å²) in [5.41, 5.74) is 0. The van der Waals surface area contributed by atoms with Crippen LogP contribution in [-0.4, -0.2) is 5.25 Å². The maximum Gasteiger partial charge on any atom is 0.169 e. The van der Waals surface area contributed by atoms with E-state index in [0.29, 0.717) is 5.25 Å². The Kier molecular flexibility index (Phi) is 2.94. The Morgan fingerprint density at radius 2 is 1.82 bits per heavy atom. The zero-order valence-electron chi connectivity index (χ0n) is 7.24. The molecule has 0 N–H and O–H groups in total. The predicted octanol–water partition coefficient (Wildman–Crippen LogP) is 2.01. The van der Waals surface area contributed by atoms with E-state index in [1.165, 1.54) is 4.90 Å². The molecular weight excluding hydrogens is 154 g/mol. The van der Waals surface area contributed by atoms with E-state index in [-0.39, 0.29) is 0 Å². The molecule has 0 saturated carbocycles. The second-order valence-electron chi connectivity index (χ2n) is 2.87. The van der Waals surface area contributed by atoms with Crippen LogP contribution in [0.15, 0.2) is 29.4 Å². The minimum absolute atomic E-state index is 0.669. The lowest BCUT2D eigenvalue weighted by molar-refractivity contribution is -0.671. The van der Waals surface area contributed by atoms with Gasteiger partial charge in [-0.15, -0.1) is 11.8 Å². The minimum Gasteiger partial charge on any atom is -0.208 e. The zero-order valence-corrected chi connectivity index (χ0v) is 8.06. The van der Waals surface area contributed by atoms with E-state index in [1.807, 2.05) is 23.4 Å². The van der Waals surface area contributed by atoms with Crippen LogP contribution in [0.3, 0.4) is 0 Å². The van der Waals surface area contributed by atoms with Crippen molar-refractivity contribution in [1.82, 2.24) is 0 Å². The standard InChI is InChI=1S/C9H14NS/c1-8(2)11-9-4-6-10(3)7-5-9/h4-8H,1-3H3/q+1. The highest BCUT2D eigenvalue weighted by atomic mass is 32.2. The fourth-order valence-corrected chi connectivity index (χ4v) is 1.66. The molecule has 60 valence electrons. The third-order valence-electron chi connectivity index (χ3n) is 1.32. The largest absolute Gasteiger partial charge is 0.208 e. The average Bonchev–Trinajstić information content (AvgIpc) is 1.93. The first-order valence-electron chi connectivity index (χ1n) is 3.80. The number of hydrogen-bond acceptors (Lipinski definition) is 1. The van der Waals surface area contributed by atoms with Crippen LogP contribution in [0.2, 0.25) is 0 Å². The van der Waals surface area contributed by atoms with Gasteiger partial charge in [-0.1, -0.05) is 13.8 Å². The number of aryl methyl sites for hydroxylation is 1. The zero-order chi connectivity index (χ0) is 8.27. The smallest absolute Gasteiger partial charge is 0.169 e. The maximum absolute atomic E-state index is 2.21. The van der Waals surface area contributed by atoms with E-state index in [1.54, 1.807) is 0 Å². The quantitative estimate of drug-likeness (QED) is 0.482. The summed E-state index contributed by atoms with van der Waals surface area (Å²) in [5, 5.41) is 0.669. The Bertz CT molecular complexity index is 216. The fraction of sp³-hybridized carbons (Fsp3) is 0.444. The Hall–Kier alpha value is -0.500. The Labute approximate surface area is 72.4 Å². The molecule has 1 nitrogen and oxygen atoms in total. The van der Waals surface area contributed by atoms with E-state index in [4.69, 9.17) is 0 Å². The second-order valence-corrected chi connectivity index (χ2v) is 4.52. The molecule has 0 unspecified atom stereocenters. The molecule has 0 radical (unpaired) electrons. The molecule has 0 spiro atoms. The van der Waals surface area contributed by atoms with Crippen LogP contribution >= 0.6 is 11.8 Å². The van der Waals surface area contributed by atoms with E-state index in [9.17, 15) is 0 Å². The van der Waals surface area contributed by atoms with E-state index in [0.717, 1.165) is 0 Å². The van der Waals surface area contributed by atoms with Gasteiger partial charge in [0.05, 0.1) is 0 Å². The Balaban J connectivity index is 2.66. The summed E-state index contributed by atoms with van der Waals surface area (Å²) >= 11 is 1.89. The fourth-order valence-electron chi connectivity index (χ4n) is 0.838. The number of thioether (sulfide) groups is 1. The number of pyridine rings is 1. The van der Waals surface area contributed by atoms with E-state index in [2.05, 4.69) is 38.4 Å². The van der Waals surface area contributed by atoms with Gasteiger partial charge in [-0.05, 0) is 0 Å². The molecule has 11 heavy (non-hydrogen) atoms. The van der Waals surface area contributed by atoms with Crippen LogP contribution in [0.5, 0.6) is 0 Å². The first-order chi connectivity index (χ1) is 5.18. The molecule has 0 aliphatic heterocycles. The molecule has 1 aromatic heterocycles. The molecule has 0 bridgehead atoms. The van der Waals surface area contributed by atoms with Gasteiger partial charge in [0.2, 0.25) is 0 Å². The SMILES string of the molecule is CC(C)Sc1cc[n+](C)cc1. The number of aromatic nitrogens is 1. The summed E-state index contributed by atoms with van der Waals surface area (Å²) in [7, 11) is 2.03. The van der Waals surface area contributed by atoms with Gasteiger partial charge in [0.1, 0.15) is 7.05 Å². The van der Waals surface area contributed by atoms with Crippen LogP contribution in [0, 0.1) is 0 Å². The van der Waals surface area contributed by atoms with Crippen molar-refractivity contribution in [3.63, 3.8) is 0 Å². The predicted molar refractivity (Wildman–Crippen MR) is 48.6 cm³/mol. The highest BCUT2D eigenvalue weighted by Gasteiger charge is 1.98. The van der Waals surface area contributed by atoms with Crippen LogP contribution in [0.4, 0.5) is 0 Å². The lowest BCUT2D eigenvalue weighted by atomic mass is 10.5. The molecule has 0 aliphatic carbocycles. The summed E-state index contributed by atoms with van der Waals surface area (Å²) in [4.78, 5) is 1.35. The van der Waals surface area contributed by atoms with Crippen molar-refractivity contribution in [2.75, 3.05) is 0 Å². The first-order valence-corrected chi connectivity index (χ1v) is 4.68. The molecule has 0 aromatic carbocycles. The van der Waals surface area contributed by atoms with Crippen molar-refractivity contribution in [3.8, 4) is 0 Å². The lowest BCUT2D eigenvalue weighted by Gasteiger charge is -2.01. The minimum atomic E-state index is 0.669. The summed E-state index contributed by atoms with van der Waals surface area (Å²) in [6, 6.07) is 4.29. The van der Waals surface area contributed by atoms with Crippen molar-refractivity contribution in [1.29, 1.82) is 0 Å². The molecule has 1 heterocycles. The van der Waals surface area contributed by atoms with Crippen LogP contribution in [0.25, 0.3) is 0 Å². The van der Waals surface area contributed by atoms with Gasteiger partial charge < -0.3 is 0 Å². The monoisotopic (exact) mass is 168 g/mol. The van der Waals surface area contributed by atoms with Gasteiger partial charge in [-0.2, -0.15) is 0 Å². The molecule has 0 amide bonds. The number of hydrogen-bond donors (Lipinski definition) is 0. The summed E-state index contributed by atoms with van der Waals surface area (Å²) in [6.07, 6.45) is 4.15. The summed E-state index contributed by atoms with van der Waals surface area (Å²) in [5.74, 6) is 0. The van der Waals surface area contributed by atoms with Gasteiger partial charge in [0, 0.05) is 22.3 Å². The van der Waals surface area contributed by atoms with Crippen molar-refractivity contribution in [2.45, 2.75) is 24.0 Å². The van der Waals surface area contributed by atoms with Gasteiger partial charge in [-0.3, -0.25) is 0 Å². The number of nitrogens with zero attached hydrogens (tertiary/aromatic N) is 1. The molecule has 1 aromatic rings. The van der Waals surface area contributed by atoms with E-state index >= 15 is 0 Å². The van der Waals surface area contributed by atoms with Crippen molar-refractivity contribution in [3.05, 3.63) is 24.5 Å². The van der Waals surface area contributed by atoms with E-state index < -0.39 is 0 Å². The molecule has 1 rings (SSSR count). The van der Waals surface area contributed by atoms with Crippen molar-refractivity contribution in [2.24, 2.45) is 7.05 Å². The highest BCUT2D eigenvalue weighted by Crippen LogP contribution is 2.20. The molecular formula is C9H14NS+. The maximum atomic E-state index is 2.21. The molecule has 0 fully saturated rings. The molecule has 2 heteroatoms. The Morgan fingerprint density at radius 1 is 1.27 bits per heavy atom. The molecule has 0 atom stereocenters. The topological polar surface area (TPSA) is 3.88 Å². The van der Waals surface area contributed by atoms with Crippen LogP contribution < -0.4 is 4.57 Å². The van der Waals surface area contributed by atoms with Crippen LogP contribution in [0.1, 0.15) is 13.8 Å². The third kappa shape index (κ3) is 2.93.